The monoisotopic (exact) mass is 214 g/mol. The first-order valence-corrected chi connectivity index (χ1v) is 8.26. The van der Waals surface area contributed by atoms with Crippen molar-refractivity contribution in [2.24, 2.45) is 0 Å². The van der Waals surface area contributed by atoms with Crippen molar-refractivity contribution in [3.05, 3.63) is 12.7 Å². The second kappa shape index (κ2) is 6.82. The fraction of sp³-hybridized carbons (Fsp3) is 0.727. The standard InChI is InChI=1S/C11H22O2Si/c1-5-11(12)13-9-10-14(6-2,7-3)8-4/h5H,1,6-10H2,2-4H3. The number of rotatable bonds is 7. The van der Waals surface area contributed by atoms with Gasteiger partial charge in [0.15, 0.2) is 0 Å². The minimum atomic E-state index is -1.11. The normalized spacial score (nSPS) is 11.1. The third-order valence-corrected chi connectivity index (χ3v) is 9.06. The molecular weight excluding hydrogens is 192 g/mol. The SMILES string of the molecule is C=CC(=O)OCC[Si](CC)(CC)CC. The van der Waals surface area contributed by atoms with Crippen LogP contribution in [0.3, 0.4) is 0 Å². The minimum absolute atomic E-state index is 0.295. The van der Waals surface area contributed by atoms with E-state index in [0.29, 0.717) is 6.61 Å². The molecule has 0 unspecified atom stereocenters. The van der Waals surface area contributed by atoms with Gasteiger partial charge in [-0.3, -0.25) is 0 Å². The zero-order valence-electron chi connectivity index (χ0n) is 9.64. The summed E-state index contributed by atoms with van der Waals surface area (Å²) in [6.07, 6.45) is 1.23. The molecule has 14 heavy (non-hydrogen) atoms. The maximum atomic E-state index is 10.8. The number of esters is 1. The van der Waals surface area contributed by atoms with Crippen molar-refractivity contribution in [2.75, 3.05) is 6.61 Å². The summed E-state index contributed by atoms with van der Waals surface area (Å²) in [5, 5.41) is 0. The van der Waals surface area contributed by atoms with Gasteiger partial charge in [0.2, 0.25) is 0 Å². The molecule has 0 saturated carbocycles. The highest BCUT2D eigenvalue weighted by Gasteiger charge is 2.26. The maximum Gasteiger partial charge on any atom is 0.330 e. The molecule has 0 N–H and O–H groups in total. The van der Waals surface area contributed by atoms with E-state index in [1.54, 1.807) is 0 Å². The number of ether oxygens (including phenoxy) is 1. The van der Waals surface area contributed by atoms with Crippen LogP contribution in [0.15, 0.2) is 12.7 Å². The molecular formula is C11H22O2Si. The first kappa shape index (κ1) is 13.4. The summed E-state index contributed by atoms with van der Waals surface area (Å²) >= 11 is 0. The van der Waals surface area contributed by atoms with E-state index in [-0.39, 0.29) is 5.97 Å². The van der Waals surface area contributed by atoms with E-state index in [2.05, 4.69) is 27.4 Å². The number of carbonyl (C=O) groups excluding carboxylic acids is 1. The number of carbonyl (C=O) groups is 1. The summed E-state index contributed by atoms with van der Waals surface area (Å²) in [6, 6.07) is 4.94. The Bertz CT molecular complexity index is 177. The van der Waals surface area contributed by atoms with Crippen molar-refractivity contribution >= 4 is 14.0 Å². The lowest BCUT2D eigenvalue weighted by molar-refractivity contribution is -0.137. The Morgan fingerprint density at radius 2 is 1.79 bits per heavy atom. The fourth-order valence-electron chi connectivity index (χ4n) is 1.71. The van der Waals surface area contributed by atoms with Crippen LogP contribution in [-0.2, 0) is 9.53 Å². The predicted octanol–water partition coefficient (Wildman–Crippen LogP) is 3.22. The van der Waals surface area contributed by atoms with Crippen molar-refractivity contribution < 1.29 is 9.53 Å². The summed E-state index contributed by atoms with van der Waals surface area (Å²) in [6.45, 7) is 10.7. The molecule has 0 aliphatic heterocycles. The molecule has 0 aromatic rings. The van der Waals surface area contributed by atoms with Crippen LogP contribution in [0.4, 0.5) is 0 Å². The molecule has 0 radical (unpaired) electrons. The van der Waals surface area contributed by atoms with E-state index in [1.807, 2.05) is 0 Å². The molecule has 2 nitrogen and oxygen atoms in total. The molecule has 0 fully saturated rings. The van der Waals surface area contributed by atoms with Gasteiger partial charge in [-0.2, -0.15) is 0 Å². The molecule has 0 saturated heterocycles. The summed E-state index contributed by atoms with van der Waals surface area (Å²) in [5.41, 5.74) is 0. The first-order chi connectivity index (χ1) is 6.64. The summed E-state index contributed by atoms with van der Waals surface area (Å²) in [4.78, 5) is 10.8. The van der Waals surface area contributed by atoms with Crippen molar-refractivity contribution in [3.8, 4) is 0 Å². The van der Waals surface area contributed by atoms with E-state index in [1.165, 1.54) is 24.2 Å². The van der Waals surface area contributed by atoms with E-state index in [9.17, 15) is 4.79 Å². The predicted molar refractivity (Wildman–Crippen MR) is 63.2 cm³/mol. The Labute approximate surface area is 88.4 Å². The van der Waals surface area contributed by atoms with E-state index < -0.39 is 8.07 Å². The van der Waals surface area contributed by atoms with Gasteiger partial charge in [0, 0.05) is 6.08 Å². The molecule has 0 bridgehead atoms. The molecule has 0 aliphatic rings. The van der Waals surface area contributed by atoms with Gasteiger partial charge >= 0.3 is 5.97 Å². The van der Waals surface area contributed by atoms with Crippen LogP contribution in [0.5, 0.6) is 0 Å². The summed E-state index contributed by atoms with van der Waals surface area (Å²) in [7, 11) is -1.11. The maximum absolute atomic E-state index is 10.8. The second-order valence-electron chi connectivity index (χ2n) is 3.68. The average Bonchev–Trinajstić information content (AvgIpc) is 2.25. The highest BCUT2D eigenvalue weighted by Crippen LogP contribution is 2.24. The Balaban J connectivity index is 3.94. The van der Waals surface area contributed by atoms with E-state index in [0.717, 1.165) is 6.04 Å². The van der Waals surface area contributed by atoms with Gasteiger partial charge < -0.3 is 4.74 Å². The van der Waals surface area contributed by atoms with Crippen LogP contribution in [0, 0.1) is 0 Å². The molecule has 0 atom stereocenters. The van der Waals surface area contributed by atoms with Crippen LogP contribution in [-0.4, -0.2) is 20.7 Å². The van der Waals surface area contributed by atoms with Crippen LogP contribution in [0.2, 0.25) is 24.2 Å². The third-order valence-electron chi connectivity index (χ3n) is 3.29. The molecule has 0 aliphatic carbocycles. The van der Waals surface area contributed by atoms with Crippen molar-refractivity contribution in [1.82, 2.24) is 0 Å². The zero-order valence-corrected chi connectivity index (χ0v) is 10.6. The number of hydrogen-bond acceptors (Lipinski definition) is 2. The van der Waals surface area contributed by atoms with Crippen LogP contribution < -0.4 is 0 Å². The minimum Gasteiger partial charge on any atom is -0.463 e. The second-order valence-corrected chi connectivity index (χ2v) is 9.30. The quantitative estimate of drug-likeness (QED) is 0.369. The van der Waals surface area contributed by atoms with E-state index >= 15 is 0 Å². The molecule has 0 aromatic carbocycles. The molecule has 0 aromatic heterocycles. The van der Waals surface area contributed by atoms with Crippen molar-refractivity contribution in [1.29, 1.82) is 0 Å². The first-order valence-electron chi connectivity index (χ1n) is 5.43. The lowest BCUT2D eigenvalue weighted by Gasteiger charge is -2.27. The van der Waals surface area contributed by atoms with Gasteiger partial charge in [-0.1, -0.05) is 45.5 Å². The van der Waals surface area contributed by atoms with Crippen LogP contribution in [0.25, 0.3) is 0 Å². The van der Waals surface area contributed by atoms with Crippen molar-refractivity contribution in [2.45, 2.75) is 44.9 Å². The summed E-state index contributed by atoms with van der Waals surface area (Å²) in [5.74, 6) is -0.295. The molecule has 0 heterocycles. The molecule has 82 valence electrons. The molecule has 3 heteroatoms. The Kier molecular flexibility index (Phi) is 6.54. The highest BCUT2D eigenvalue weighted by molar-refractivity contribution is 6.79. The van der Waals surface area contributed by atoms with Gasteiger partial charge in [0.05, 0.1) is 14.7 Å². The Morgan fingerprint density at radius 3 is 2.14 bits per heavy atom. The Morgan fingerprint density at radius 1 is 1.29 bits per heavy atom. The molecule has 0 amide bonds. The fourth-order valence-corrected chi connectivity index (χ4v) is 4.80. The Hall–Kier alpha value is -0.573. The lowest BCUT2D eigenvalue weighted by Crippen LogP contribution is -2.32. The van der Waals surface area contributed by atoms with E-state index in [4.69, 9.17) is 4.74 Å². The molecule has 0 rings (SSSR count). The average molecular weight is 214 g/mol. The third kappa shape index (κ3) is 4.09. The van der Waals surface area contributed by atoms with Crippen LogP contribution >= 0.6 is 0 Å². The van der Waals surface area contributed by atoms with Crippen LogP contribution in [0.1, 0.15) is 20.8 Å². The van der Waals surface area contributed by atoms with Gasteiger partial charge in [0.1, 0.15) is 0 Å². The lowest BCUT2D eigenvalue weighted by atomic mass is 10.6. The number of hydrogen-bond donors (Lipinski definition) is 0. The van der Waals surface area contributed by atoms with Gasteiger partial charge in [-0.25, -0.2) is 4.79 Å². The van der Waals surface area contributed by atoms with Gasteiger partial charge in [-0.05, 0) is 6.04 Å². The van der Waals surface area contributed by atoms with Crippen molar-refractivity contribution in [3.63, 3.8) is 0 Å². The van der Waals surface area contributed by atoms with Gasteiger partial charge in [-0.15, -0.1) is 0 Å². The molecule has 0 spiro atoms. The zero-order chi connectivity index (χ0) is 11.0. The largest absolute Gasteiger partial charge is 0.463 e. The smallest absolute Gasteiger partial charge is 0.330 e. The van der Waals surface area contributed by atoms with Gasteiger partial charge in [0.25, 0.3) is 0 Å². The topological polar surface area (TPSA) is 26.3 Å². The highest BCUT2D eigenvalue weighted by atomic mass is 28.3. The summed E-state index contributed by atoms with van der Waals surface area (Å²) < 4.78 is 5.03.